The van der Waals surface area contributed by atoms with Gasteiger partial charge in [-0.1, -0.05) is 17.7 Å². The normalized spacial score (nSPS) is 14.9. The summed E-state index contributed by atoms with van der Waals surface area (Å²) < 4.78 is 27.7. The number of piperazine rings is 1. The van der Waals surface area contributed by atoms with Crippen molar-refractivity contribution < 1.29 is 18.3 Å². The minimum atomic E-state index is -3.82. The first-order valence-electron chi connectivity index (χ1n) is 9.61. The zero-order valence-corrected chi connectivity index (χ0v) is 17.5. The molecule has 8 nitrogen and oxygen atoms in total. The molecule has 1 fully saturated rings. The second kappa shape index (κ2) is 9.15. The third-order valence-corrected chi connectivity index (χ3v) is 6.46. The second-order valence-corrected chi connectivity index (χ2v) is 8.87. The van der Waals surface area contributed by atoms with Crippen molar-refractivity contribution in [1.29, 1.82) is 5.26 Å². The van der Waals surface area contributed by atoms with Crippen LogP contribution in [0.4, 0.5) is 11.4 Å². The number of aromatic carboxylic acids is 1. The van der Waals surface area contributed by atoms with Crippen LogP contribution in [0.25, 0.3) is 0 Å². The van der Waals surface area contributed by atoms with E-state index in [1.54, 1.807) is 24.3 Å². The van der Waals surface area contributed by atoms with E-state index in [4.69, 9.17) is 5.26 Å². The molecule has 3 rings (SSSR count). The van der Waals surface area contributed by atoms with Crippen LogP contribution in [0.15, 0.2) is 47.4 Å². The number of carboxylic acid groups (broad SMARTS) is 1. The van der Waals surface area contributed by atoms with Crippen molar-refractivity contribution in [3.63, 3.8) is 0 Å². The van der Waals surface area contributed by atoms with Crippen molar-refractivity contribution >= 4 is 27.4 Å². The maximum absolute atomic E-state index is 12.6. The molecule has 158 valence electrons. The van der Waals surface area contributed by atoms with E-state index < -0.39 is 16.0 Å². The largest absolute Gasteiger partial charge is 0.478 e. The van der Waals surface area contributed by atoms with Crippen molar-refractivity contribution in [3.05, 3.63) is 53.6 Å². The molecule has 1 aliphatic rings. The minimum absolute atomic E-state index is 0.0459. The molecule has 9 heteroatoms. The lowest BCUT2D eigenvalue weighted by molar-refractivity contribution is 0.0697. The molecule has 0 aromatic heterocycles. The molecular formula is C21H24N4O4S. The van der Waals surface area contributed by atoms with Gasteiger partial charge >= 0.3 is 5.97 Å². The summed E-state index contributed by atoms with van der Waals surface area (Å²) in [6, 6.07) is 13.1. The zero-order chi connectivity index (χ0) is 21.7. The Morgan fingerprint density at radius 3 is 2.40 bits per heavy atom. The minimum Gasteiger partial charge on any atom is -0.478 e. The number of hydrogen-bond acceptors (Lipinski definition) is 6. The number of rotatable bonds is 7. The predicted molar refractivity (Wildman–Crippen MR) is 114 cm³/mol. The first-order chi connectivity index (χ1) is 14.3. The zero-order valence-electron chi connectivity index (χ0n) is 16.7. The number of carbonyl (C=O) groups is 1. The van der Waals surface area contributed by atoms with Gasteiger partial charge in [-0.15, -0.1) is 0 Å². The molecule has 0 aliphatic carbocycles. The Hall–Kier alpha value is -3.09. The van der Waals surface area contributed by atoms with Gasteiger partial charge in [0, 0.05) is 44.8 Å². The number of nitrogens with zero attached hydrogens (tertiary/aromatic N) is 3. The molecule has 0 amide bonds. The number of sulfonamides is 1. The maximum Gasteiger partial charge on any atom is 0.337 e. The van der Waals surface area contributed by atoms with Crippen LogP contribution in [0.5, 0.6) is 0 Å². The molecule has 1 aliphatic heterocycles. The second-order valence-electron chi connectivity index (χ2n) is 7.19. The van der Waals surface area contributed by atoms with E-state index in [2.05, 4.69) is 15.7 Å². The van der Waals surface area contributed by atoms with Gasteiger partial charge < -0.3 is 10.0 Å². The van der Waals surface area contributed by atoms with Crippen molar-refractivity contribution in [2.75, 3.05) is 42.3 Å². The van der Waals surface area contributed by atoms with Crippen molar-refractivity contribution in [1.82, 2.24) is 4.90 Å². The summed E-state index contributed by atoms with van der Waals surface area (Å²) >= 11 is 0. The van der Waals surface area contributed by atoms with E-state index in [0.29, 0.717) is 31.7 Å². The third-order valence-electron chi connectivity index (χ3n) is 5.06. The molecule has 0 unspecified atom stereocenters. The number of aryl methyl sites for hydroxylation is 1. The number of anilines is 2. The van der Waals surface area contributed by atoms with Gasteiger partial charge in [0.2, 0.25) is 0 Å². The fourth-order valence-corrected chi connectivity index (χ4v) is 4.45. The molecule has 0 atom stereocenters. The van der Waals surface area contributed by atoms with Gasteiger partial charge in [-0.05, 0) is 37.3 Å². The Labute approximate surface area is 176 Å². The highest BCUT2D eigenvalue weighted by atomic mass is 32.2. The summed E-state index contributed by atoms with van der Waals surface area (Å²) in [7, 11) is -3.82. The van der Waals surface area contributed by atoms with E-state index >= 15 is 0 Å². The third kappa shape index (κ3) is 5.09. The van der Waals surface area contributed by atoms with E-state index in [0.717, 1.165) is 18.7 Å². The lowest BCUT2D eigenvalue weighted by Crippen LogP contribution is -2.47. The Bertz CT molecular complexity index is 1050. The summed E-state index contributed by atoms with van der Waals surface area (Å²) in [5.74, 6) is -1.12. The molecule has 30 heavy (non-hydrogen) atoms. The highest BCUT2D eigenvalue weighted by Gasteiger charge is 2.23. The maximum atomic E-state index is 12.6. The average molecular weight is 429 g/mol. The molecule has 0 bridgehead atoms. The standard InChI is InChI=1S/C21H24N4O4S/c1-16-3-6-18(7-4-16)30(28,29)23-17-5-8-20(19(15-17)21(26)27)25-13-11-24(12-14-25)10-2-9-22/h3-8,15,23H,2,10-14H2,1H3,(H,26,27). The highest BCUT2D eigenvalue weighted by molar-refractivity contribution is 7.92. The SMILES string of the molecule is Cc1ccc(S(=O)(=O)Nc2ccc(N3CCN(CCC#N)CC3)c(C(=O)O)c2)cc1. The highest BCUT2D eigenvalue weighted by Crippen LogP contribution is 2.27. The van der Waals surface area contributed by atoms with E-state index in [-0.39, 0.29) is 16.1 Å². The number of carboxylic acids is 1. The molecule has 0 radical (unpaired) electrons. The fourth-order valence-electron chi connectivity index (χ4n) is 3.40. The molecule has 1 heterocycles. The lowest BCUT2D eigenvalue weighted by Gasteiger charge is -2.36. The van der Waals surface area contributed by atoms with Crippen LogP contribution in [0.1, 0.15) is 22.3 Å². The Kier molecular flexibility index (Phi) is 6.59. The smallest absolute Gasteiger partial charge is 0.337 e. The van der Waals surface area contributed by atoms with Gasteiger partial charge in [-0.3, -0.25) is 9.62 Å². The summed E-state index contributed by atoms with van der Waals surface area (Å²) in [5.41, 5.74) is 1.74. The van der Waals surface area contributed by atoms with Crippen molar-refractivity contribution in [2.24, 2.45) is 0 Å². The van der Waals surface area contributed by atoms with Gasteiger partial charge in [-0.2, -0.15) is 5.26 Å². The molecule has 2 aromatic carbocycles. The predicted octanol–water partition coefficient (Wildman–Crippen LogP) is 2.53. The summed E-state index contributed by atoms with van der Waals surface area (Å²) in [5, 5.41) is 18.4. The molecule has 2 N–H and O–H groups in total. The summed E-state index contributed by atoms with van der Waals surface area (Å²) in [6.45, 7) is 5.33. The van der Waals surface area contributed by atoms with Crippen LogP contribution >= 0.6 is 0 Å². The molecule has 0 spiro atoms. The molecule has 1 saturated heterocycles. The van der Waals surface area contributed by atoms with Crippen LogP contribution in [0.3, 0.4) is 0 Å². The Morgan fingerprint density at radius 1 is 1.13 bits per heavy atom. The quantitative estimate of drug-likeness (QED) is 0.696. The van der Waals surface area contributed by atoms with Crippen molar-refractivity contribution in [3.8, 4) is 6.07 Å². The van der Waals surface area contributed by atoms with E-state index in [1.165, 1.54) is 18.2 Å². The van der Waals surface area contributed by atoms with Gasteiger partial charge in [0.15, 0.2) is 0 Å². The van der Waals surface area contributed by atoms with E-state index in [9.17, 15) is 18.3 Å². The van der Waals surface area contributed by atoms with Crippen LogP contribution in [-0.2, 0) is 10.0 Å². The summed E-state index contributed by atoms with van der Waals surface area (Å²) in [4.78, 5) is 16.1. The first-order valence-corrected chi connectivity index (χ1v) is 11.1. The molecule has 0 saturated carbocycles. The van der Waals surface area contributed by atoms with Crippen LogP contribution < -0.4 is 9.62 Å². The monoisotopic (exact) mass is 428 g/mol. The molecular weight excluding hydrogens is 404 g/mol. The Morgan fingerprint density at radius 2 is 1.80 bits per heavy atom. The topological polar surface area (TPSA) is 114 Å². The van der Waals surface area contributed by atoms with Gasteiger partial charge in [0.05, 0.1) is 22.2 Å². The number of hydrogen-bond donors (Lipinski definition) is 2. The van der Waals surface area contributed by atoms with Gasteiger partial charge in [0.25, 0.3) is 10.0 Å². The number of nitriles is 1. The fraction of sp³-hybridized carbons (Fsp3) is 0.333. The van der Waals surface area contributed by atoms with Crippen molar-refractivity contribution in [2.45, 2.75) is 18.2 Å². The van der Waals surface area contributed by atoms with E-state index in [1.807, 2.05) is 11.8 Å². The lowest BCUT2D eigenvalue weighted by atomic mass is 10.1. The number of benzene rings is 2. The van der Waals surface area contributed by atoms with Crippen LogP contribution in [-0.4, -0.2) is 57.1 Å². The van der Waals surface area contributed by atoms with Gasteiger partial charge in [-0.25, -0.2) is 13.2 Å². The number of nitrogens with one attached hydrogen (secondary N) is 1. The van der Waals surface area contributed by atoms with Crippen LogP contribution in [0.2, 0.25) is 0 Å². The Balaban J connectivity index is 1.78. The first kappa shape index (κ1) is 21.6. The summed E-state index contributed by atoms with van der Waals surface area (Å²) in [6.07, 6.45) is 0.468. The van der Waals surface area contributed by atoms with Crippen LogP contribution in [0, 0.1) is 18.3 Å². The average Bonchev–Trinajstić information content (AvgIpc) is 2.72. The molecule has 2 aromatic rings. The van der Waals surface area contributed by atoms with Gasteiger partial charge in [0.1, 0.15) is 0 Å².